The Morgan fingerprint density at radius 3 is 1.94 bits per heavy atom. The fourth-order valence-electron chi connectivity index (χ4n) is 5.64. The summed E-state index contributed by atoms with van der Waals surface area (Å²) in [6.45, 7) is 7.12. The highest BCUT2D eigenvalue weighted by molar-refractivity contribution is 6.07. The number of Topliss-reactive ketones (excluding diaryl/α,β-unsaturated/α-hetero) is 2. The van der Waals surface area contributed by atoms with Crippen molar-refractivity contribution in [2.24, 2.45) is 10.8 Å². The molecule has 3 aliphatic rings. The van der Waals surface area contributed by atoms with E-state index >= 15 is 0 Å². The van der Waals surface area contributed by atoms with Crippen molar-refractivity contribution in [1.82, 2.24) is 4.90 Å². The molecule has 186 valence electrons. The molecule has 0 aromatic heterocycles. The van der Waals surface area contributed by atoms with Crippen molar-refractivity contribution in [1.29, 1.82) is 0 Å². The molecule has 0 spiro atoms. The molecule has 1 heterocycles. The molecular weight excluding hydrogens is 450 g/mol. The Morgan fingerprint density at radius 1 is 0.914 bits per heavy atom. The third-order valence-corrected chi connectivity index (χ3v) is 6.87. The lowest BCUT2D eigenvalue weighted by molar-refractivity contribution is -0.139. The third-order valence-electron chi connectivity index (χ3n) is 6.87. The summed E-state index contributed by atoms with van der Waals surface area (Å²) in [6.07, 6.45) is 1.61. The van der Waals surface area contributed by atoms with E-state index in [1.54, 1.807) is 29.2 Å². The molecule has 0 amide bonds. The topological polar surface area (TPSA) is 121 Å². The van der Waals surface area contributed by atoms with Crippen molar-refractivity contribution in [3.8, 4) is 5.75 Å². The number of hydrogen-bond donors (Lipinski definition) is 2. The Hall–Kier alpha value is -3.42. The zero-order valence-corrected chi connectivity index (χ0v) is 20.5. The Balaban J connectivity index is 1.94. The van der Waals surface area contributed by atoms with E-state index in [9.17, 15) is 24.3 Å². The highest BCUT2D eigenvalue weighted by Crippen LogP contribution is 2.54. The molecule has 0 saturated carbocycles. The van der Waals surface area contributed by atoms with Crippen molar-refractivity contribution in [2.75, 3.05) is 13.2 Å². The molecule has 8 heteroatoms. The molecule has 35 heavy (non-hydrogen) atoms. The Bertz CT molecular complexity index is 1130. The average Bonchev–Trinajstić information content (AvgIpc) is 2.71. The minimum Gasteiger partial charge on any atom is -0.482 e. The van der Waals surface area contributed by atoms with E-state index in [-0.39, 0.29) is 28.9 Å². The first-order chi connectivity index (χ1) is 16.3. The molecule has 2 N–H and O–H groups in total. The number of nitrogens with zero attached hydrogens (tertiary/aromatic N) is 1. The van der Waals surface area contributed by atoms with Gasteiger partial charge in [0.25, 0.3) is 0 Å². The molecule has 4 rings (SSSR count). The number of ketones is 2. The molecule has 8 nitrogen and oxygen atoms in total. The van der Waals surface area contributed by atoms with Gasteiger partial charge in [0.2, 0.25) is 0 Å². The minimum absolute atomic E-state index is 0.0994. The predicted molar refractivity (Wildman–Crippen MR) is 127 cm³/mol. The van der Waals surface area contributed by atoms with Crippen LogP contribution in [0.1, 0.15) is 64.9 Å². The molecular formula is C27H31NO7. The molecule has 0 radical (unpaired) electrons. The lowest BCUT2D eigenvalue weighted by Gasteiger charge is -2.48. The van der Waals surface area contributed by atoms with E-state index in [1.165, 1.54) is 0 Å². The maximum atomic E-state index is 13.6. The average molecular weight is 482 g/mol. The molecule has 1 aromatic rings. The van der Waals surface area contributed by atoms with E-state index in [4.69, 9.17) is 9.84 Å². The number of allylic oxidation sites excluding steroid dienone is 4. The minimum atomic E-state index is -1.11. The van der Waals surface area contributed by atoms with Crippen molar-refractivity contribution < 1.29 is 34.1 Å². The van der Waals surface area contributed by atoms with Gasteiger partial charge in [-0.15, -0.1) is 0 Å². The third kappa shape index (κ3) is 4.88. The van der Waals surface area contributed by atoms with Crippen molar-refractivity contribution >= 4 is 23.5 Å². The van der Waals surface area contributed by atoms with E-state index < -0.39 is 24.5 Å². The smallest absolute Gasteiger partial charge is 0.341 e. The van der Waals surface area contributed by atoms with Crippen LogP contribution in [0, 0.1) is 10.8 Å². The normalized spacial score (nSPS) is 21.5. The fourth-order valence-corrected chi connectivity index (χ4v) is 5.64. The van der Waals surface area contributed by atoms with Gasteiger partial charge in [-0.05, 0) is 41.4 Å². The maximum absolute atomic E-state index is 13.6. The summed E-state index contributed by atoms with van der Waals surface area (Å²) >= 11 is 0. The van der Waals surface area contributed by atoms with Gasteiger partial charge in [0.05, 0.1) is 0 Å². The molecule has 0 atom stereocenters. The van der Waals surface area contributed by atoms with Gasteiger partial charge in [-0.1, -0.05) is 39.8 Å². The van der Waals surface area contributed by atoms with Crippen LogP contribution >= 0.6 is 0 Å². The number of hydrogen-bond acceptors (Lipinski definition) is 6. The van der Waals surface area contributed by atoms with Crippen LogP contribution in [-0.4, -0.2) is 51.8 Å². The number of carboxylic acid groups (broad SMARTS) is 2. The summed E-state index contributed by atoms with van der Waals surface area (Å²) in [5.74, 6) is -2.66. The summed E-state index contributed by atoms with van der Waals surface area (Å²) < 4.78 is 5.37. The Morgan fingerprint density at radius 2 is 1.46 bits per heavy atom. The van der Waals surface area contributed by atoms with Crippen LogP contribution in [0.2, 0.25) is 0 Å². The Labute approximate surface area is 204 Å². The van der Waals surface area contributed by atoms with Gasteiger partial charge in [-0.25, -0.2) is 4.79 Å². The highest BCUT2D eigenvalue weighted by atomic mass is 16.5. The second-order valence-electron chi connectivity index (χ2n) is 11.3. The van der Waals surface area contributed by atoms with Gasteiger partial charge in [0.15, 0.2) is 18.2 Å². The monoisotopic (exact) mass is 481 g/mol. The summed E-state index contributed by atoms with van der Waals surface area (Å²) in [5, 5.41) is 18.7. The molecule has 2 aliphatic carbocycles. The van der Waals surface area contributed by atoms with Crippen molar-refractivity contribution in [3.05, 3.63) is 52.4 Å². The van der Waals surface area contributed by atoms with Gasteiger partial charge in [-0.2, -0.15) is 0 Å². The summed E-state index contributed by atoms with van der Waals surface area (Å²) in [6, 6.07) is 6.83. The number of benzene rings is 1. The molecule has 1 aromatic carbocycles. The van der Waals surface area contributed by atoms with Crippen LogP contribution in [0.15, 0.2) is 46.8 Å². The summed E-state index contributed by atoms with van der Waals surface area (Å²) in [4.78, 5) is 51.8. The van der Waals surface area contributed by atoms with Crippen LogP contribution in [0.3, 0.4) is 0 Å². The molecule has 0 bridgehead atoms. The van der Waals surface area contributed by atoms with Crippen LogP contribution in [0.4, 0.5) is 0 Å². The van der Waals surface area contributed by atoms with E-state index in [0.29, 0.717) is 59.5 Å². The Kier molecular flexibility index (Phi) is 6.11. The molecule has 0 unspecified atom stereocenters. The second kappa shape index (κ2) is 8.66. The van der Waals surface area contributed by atoms with Crippen LogP contribution in [0.25, 0.3) is 0 Å². The van der Waals surface area contributed by atoms with Crippen LogP contribution < -0.4 is 4.74 Å². The van der Waals surface area contributed by atoms with Gasteiger partial charge >= 0.3 is 11.9 Å². The highest BCUT2D eigenvalue weighted by Gasteiger charge is 2.49. The van der Waals surface area contributed by atoms with E-state index in [0.717, 1.165) is 0 Å². The van der Waals surface area contributed by atoms with Gasteiger partial charge < -0.3 is 19.8 Å². The van der Waals surface area contributed by atoms with Gasteiger partial charge in [-0.3, -0.25) is 14.4 Å². The first kappa shape index (κ1) is 24.7. The van der Waals surface area contributed by atoms with Gasteiger partial charge in [0, 0.05) is 41.3 Å². The molecule has 1 aliphatic heterocycles. The SMILES string of the molecule is CC1(C)CC(=O)C2=C(C1)N(CC(=O)O)C1=C(C(=O)CC(C)(C)C1)C2c1cccc(OCC(=O)O)c1. The fraction of sp³-hybridized carbons (Fsp3) is 0.481. The number of carbonyl (C=O) groups excluding carboxylic acids is 2. The second-order valence-corrected chi connectivity index (χ2v) is 11.3. The lowest BCUT2D eigenvalue weighted by atomic mass is 9.63. The van der Waals surface area contributed by atoms with E-state index in [2.05, 4.69) is 0 Å². The largest absolute Gasteiger partial charge is 0.482 e. The number of rotatable bonds is 6. The van der Waals surface area contributed by atoms with Crippen molar-refractivity contribution in [2.45, 2.75) is 59.3 Å². The summed E-state index contributed by atoms with van der Waals surface area (Å²) in [7, 11) is 0. The molecule has 0 fully saturated rings. The number of ether oxygens (including phenoxy) is 1. The van der Waals surface area contributed by atoms with Crippen molar-refractivity contribution in [3.63, 3.8) is 0 Å². The maximum Gasteiger partial charge on any atom is 0.341 e. The zero-order chi connectivity index (χ0) is 25.7. The zero-order valence-electron chi connectivity index (χ0n) is 20.5. The van der Waals surface area contributed by atoms with E-state index in [1.807, 2.05) is 27.7 Å². The van der Waals surface area contributed by atoms with Crippen LogP contribution in [-0.2, 0) is 19.2 Å². The number of aliphatic carboxylic acids is 2. The standard InChI is InChI=1S/C27H31NO7/c1-26(2)9-17-24(19(29)11-26)23(15-6-5-7-16(8-15)35-14-22(33)34)25-18(28(17)13-21(31)32)10-27(3,4)12-20(25)30/h5-8,23H,9-14H2,1-4H3,(H,31,32)(H,33,34). The lowest BCUT2D eigenvalue weighted by Crippen LogP contribution is -2.45. The predicted octanol–water partition coefficient (Wildman–Crippen LogP) is 3.92. The van der Waals surface area contributed by atoms with Gasteiger partial charge in [0.1, 0.15) is 12.3 Å². The van der Waals surface area contributed by atoms with Crippen LogP contribution in [0.5, 0.6) is 5.75 Å². The first-order valence-corrected chi connectivity index (χ1v) is 11.7. The molecule has 0 saturated heterocycles. The summed E-state index contributed by atoms with van der Waals surface area (Å²) in [5.41, 5.74) is 2.22. The number of carbonyl (C=O) groups is 4. The number of carboxylic acids is 2. The quantitative estimate of drug-likeness (QED) is 0.627. The first-order valence-electron chi connectivity index (χ1n) is 11.7.